The SMILES string of the molecule is CC(C)Cc1noc(CN(C)C(=O)CC2CCc3ccccc32)n1. The van der Waals surface area contributed by atoms with Gasteiger partial charge >= 0.3 is 0 Å². The number of hydrogen-bond acceptors (Lipinski definition) is 4. The standard InChI is InChI=1S/C19H25N3O2/c1-13(2)10-17-20-18(24-21-17)12-22(3)19(23)11-15-9-8-14-6-4-5-7-16(14)15/h4-7,13,15H,8-12H2,1-3H3. The smallest absolute Gasteiger partial charge is 0.246 e. The Morgan fingerprint density at radius 2 is 2.17 bits per heavy atom. The van der Waals surface area contributed by atoms with Crippen LogP contribution in [0.1, 0.15) is 55.4 Å². The molecule has 24 heavy (non-hydrogen) atoms. The Labute approximate surface area is 143 Å². The summed E-state index contributed by atoms with van der Waals surface area (Å²) >= 11 is 0. The van der Waals surface area contributed by atoms with E-state index in [2.05, 4.69) is 48.3 Å². The highest BCUT2D eigenvalue weighted by atomic mass is 16.5. The molecule has 1 aromatic heterocycles. The molecule has 3 rings (SSSR count). The van der Waals surface area contributed by atoms with Gasteiger partial charge in [-0.05, 0) is 35.8 Å². The van der Waals surface area contributed by atoms with Crippen molar-refractivity contribution in [2.75, 3.05) is 7.05 Å². The van der Waals surface area contributed by atoms with Gasteiger partial charge in [0.1, 0.15) is 0 Å². The lowest BCUT2D eigenvalue weighted by Crippen LogP contribution is -2.27. The number of aryl methyl sites for hydroxylation is 1. The van der Waals surface area contributed by atoms with E-state index in [0.717, 1.165) is 19.3 Å². The van der Waals surface area contributed by atoms with Crippen LogP contribution in [0.5, 0.6) is 0 Å². The van der Waals surface area contributed by atoms with Gasteiger partial charge in [-0.15, -0.1) is 0 Å². The largest absolute Gasteiger partial charge is 0.337 e. The van der Waals surface area contributed by atoms with E-state index in [1.54, 1.807) is 11.9 Å². The van der Waals surface area contributed by atoms with Crippen LogP contribution in [-0.2, 0) is 24.2 Å². The van der Waals surface area contributed by atoms with E-state index in [1.165, 1.54) is 11.1 Å². The number of nitrogens with zero attached hydrogens (tertiary/aromatic N) is 3. The van der Waals surface area contributed by atoms with Crippen molar-refractivity contribution in [1.82, 2.24) is 15.0 Å². The summed E-state index contributed by atoms with van der Waals surface area (Å²) in [7, 11) is 1.80. The van der Waals surface area contributed by atoms with E-state index in [1.807, 2.05) is 0 Å². The lowest BCUT2D eigenvalue weighted by molar-refractivity contribution is -0.131. The van der Waals surface area contributed by atoms with Crippen LogP contribution in [0.3, 0.4) is 0 Å². The third-order valence-corrected chi connectivity index (χ3v) is 4.58. The molecule has 1 heterocycles. The molecule has 0 fully saturated rings. The molecular formula is C19H25N3O2. The molecule has 0 aliphatic heterocycles. The Kier molecular flexibility index (Phi) is 4.97. The van der Waals surface area contributed by atoms with Gasteiger partial charge in [-0.2, -0.15) is 4.98 Å². The minimum Gasteiger partial charge on any atom is -0.337 e. The lowest BCUT2D eigenvalue weighted by atomic mass is 9.97. The Hall–Kier alpha value is -2.17. The van der Waals surface area contributed by atoms with E-state index in [-0.39, 0.29) is 5.91 Å². The lowest BCUT2D eigenvalue weighted by Gasteiger charge is -2.18. The second-order valence-electron chi connectivity index (χ2n) is 7.09. The number of fused-ring (bicyclic) bond motifs is 1. The molecule has 0 radical (unpaired) electrons. The summed E-state index contributed by atoms with van der Waals surface area (Å²) in [6.07, 6.45) is 3.46. The minimum atomic E-state index is 0.125. The van der Waals surface area contributed by atoms with Gasteiger partial charge < -0.3 is 9.42 Å². The maximum atomic E-state index is 12.5. The van der Waals surface area contributed by atoms with Gasteiger partial charge in [0.05, 0.1) is 6.54 Å². The second-order valence-corrected chi connectivity index (χ2v) is 7.09. The van der Waals surface area contributed by atoms with Gasteiger partial charge in [-0.3, -0.25) is 4.79 Å². The van der Waals surface area contributed by atoms with E-state index < -0.39 is 0 Å². The van der Waals surface area contributed by atoms with Gasteiger partial charge in [0.2, 0.25) is 11.8 Å². The maximum Gasteiger partial charge on any atom is 0.246 e. The maximum absolute atomic E-state index is 12.5. The molecular weight excluding hydrogens is 302 g/mol. The predicted octanol–water partition coefficient (Wildman–Crippen LogP) is 3.35. The van der Waals surface area contributed by atoms with Crippen molar-refractivity contribution >= 4 is 5.91 Å². The number of carbonyl (C=O) groups is 1. The van der Waals surface area contributed by atoms with Gasteiger partial charge in [0.15, 0.2) is 5.82 Å². The van der Waals surface area contributed by atoms with Crippen LogP contribution in [-0.4, -0.2) is 28.0 Å². The zero-order valence-electron chi connectivity index (χ0n) is 14.7. The molecule has 128 valence electrons. The van der Waals surface area contributed by atoms with E-state index in [9.17, 15) is 4.79 Å². The van der Waals surface area contributed by atoms with Crippen LogP contribution < -0.4 is 0 Å². The first kappa shape index (κ1) is 16.7. The third kappa shape index (κ3) is 3.83. The average Bonchev–Trinajstić information content (AvgIpc) is 3.14. The van der Waals surface area contributed by atoms with Crippen molar-refractivity contribution in [3.8, 4) is 0 Å². The summed E-state index contributed by atoms with van der Waals surface area (Å²) in [6.45, 7) is 4.61. The summed E-state index contributed by atoms with van der Waals surface area (Å²) in [5.74, 6) is 2.16. The molecule has 5 nitrogen and oxygen atoms in total. The monoisotopic (exact) mass is 327 g/mol. The first-order chi connectivity index (χ1) is 11.5. The molecule has 0 N–H and O–H groups in total. The number of rotatable bonds is 6. The Morgan fingerprint density at radius 1 is 1.38 bits per heavy atom. The highest BCUT2D eigenvalue weighted by molar-refractivity contribution is 5.77. The fraction of sp³-hybridized carbons (Fsp3) is 0.526. The molecule has 1 aromatic carbocycles. The number of aromatic nitrogens is 2. The highest BCUT2D eigenvalue weighted by Crippen LogP contribution is 2.35. The van der Waals surface area contributed by atoms with Crippen molar-refractivity contribution < 1.29 is 9.32 Å². The average molecular weight is 327 g/mol. The van der Waals surface area contributed by atoms with Gasteiger partial charge in [0.25, 0.3) is 0 Å². The quantitative estimate of drug-likeness (QED) is 0.816. The molecule has 2 aromatic rings. The molecule has 1 aliphatic rings. The van der Waals surface area contributed by atoms with Crippen molar-refractivity contribution in [2.45, 2.75) is 52.0 Å². The van der Waals surface area contributed by atoms with Crippen molar-refractivity contribution in [1.29, 1.82) is 0 Å². The zero-order chi connectivity index (χ0) is 17.1. The fourth-order valence-electron chi connectivity index (χ4n) is 3.32. The van der Waals surface area contributed by atoms with Crippen molar-refractivity contribution in [3.05, 3.63) is 47.1 Å². The summed E-state index contributed by atoms with van der Waals surface area (Å²) in [5.41, 5.74) is 2.71. The number of benzene rings is 1. The molecule has 1 atom stereocenters. The molecule has 0 saturated carbocycles. The van der Waals surface area contributed by atoms with Crippen molar-refractivity contribution in [3.63, 3.8) is 0 Å². The van der Waals surface area contributed by atoms with Crippen LogP contribution in [0.15, 0.2) is 28.8 Å². The number of amides is 1. The normalized spacial score (nSPS) is 16.4. The molecule has 0 bridgehead atoms. The topological polar surface area (TPSA) is 59.2 Å². The van der Waals surface area contributed by atoms with E-state index in [4.69, 9.17) is 4.52 Å². The van der Waals surface area contributed by atoms with Crippen LogP contribution in [0.2, 0.25) is 0 Å². The molecule has 5 heteroatoms. The van der Waals surface area contributed by atoms with Crippen LogP contribution in [0, 0.1) is 5.92 Å². The number of carbonyl (C=O) groups excluding carboxylic acids is 1. The summed E-state index contributed by atoms with van der Waals surface area (Å²) in [6, 6.07) is 8.44. The summed E-state index contributed by atoms with van der Waals surface area (Å²) in [5, 5.41) is 3.98. The van der Waals surface area contributed by atoms with Gasteiger partial charge in [-0.25, -0.2) is 0 Å². The molecule has 1 unspecified atom stereocenters. The Morgan fingerprint density at radius 3 is 2.96 bits per heavy atom. The summed E-state index contributed by atoms with van der Waals surface area (Å²) < 4.78 is 5.26. The Balaban J connectivity index is 1.57. The molecule has 0 saturated heterocycles. The first-order valence-electron chi connectivity index (χ1n) is 8.66. The molecule has 0 spiro atoms. The van der Waals surface area contributed by atoms with E-state index >= 15 is 0 Å². The van der Waals surface area contributed by atoms with Gasteiger partial charge in [0, 0.05) is 19.9 Å². The predicted molar refractivity (Wildman–Crippen MR) is 91.4 cm³/mol. The molecule has 1 amide bonds. The number of hydrogen-bond donors (Lipinski definition) is 0. The van der Waals surface area contributed by atoms with E-state index in [0.29, 0.717) is 36.5 Å². The first-order valence-corrected chi connectivity index (χ1v) is 8.66. The molecule has 1 aliphatic carbocycles. The van der Waals surface area contributed by atoms with Crippen LogP contribution in [0.4, 0.5) is 0 Å². The fourth-order valence-corrected chi connectivity index (χ4v) is 3.32. The minimum absolute atomic E-state index is 0.125. The van der Waals surface area contributed by atoms with Gasteiger partial charge in [-0.1, -0.05) is 43.3 Å². The summed E-state index contributed by atoms with van der Waals surface area (Å²) in [4.78, 5) is 18.6. The highest BCUT2D eigenvalue weighted by Gasteiger charge is 2.26. The third-order valence-electron chi connectivity index (χ3n) is 4.58. The van der Waals surface area contributed by atoms with Crippen LogP contribution >= 0.6 is 0 Å². The second kappa shape index (κ2) is 7.16. The van der Waals surface area contributed by atoms with Crippen molar-refractivity contribution in [2.24, 2.45) is 5.92 Å². The van der Waals surface area contributed by atoms with Crippen LogP contribution in [0.25, 0.3) is 0 Å². The zero-order valence-corrected chi connectivity index (χ0v) is 14.7. The Bertz CT molecular complexity index is 708.